The molecule has 0 aromatic carbocycles. The summed E-state index contributed by atoms with van der Waals surface area (Å²) in [6, 6.07) is 4.79. The number of nitrogens with zero attached hydrogens (tertiary/aromatic N) is 3. The molecule has 1 N–H and O–H groups in total. The maximum absolute atomic E-state index is 12.7. The summed E-state index contributed by atoms with van der Waals surface area (Å²) in [6.07, 6.45) is 8.02. The fourth-order valence-electron chi connectivity index (χ4n) is 5.10. The number of pyridine rings is 2. The number of aromatic nitrogens is 3. The van der Waals surface area contributed by atoms with E-state index in [1.807, 2.05) is 0 Å². The molecule has 0 atom stereocenters. The standard InChI is InChI=1S/C22H21ClN4O4S/c23-14-6-17-21(25-11-14)31-20(27-17)13-7-22(8-13)9-15(10-22)26-19(28)12-3-4-24-18(5-12)32(29,30)16-1-2-16/h3-6,11,13,15-16H,1-2,7-10H2,(H,26,28). The highest BCUT2D eigenvalue weighted by atomic mass is 35.5. The van der Waals surface area contributed by atoms with Crippen molar-refractivity contribution < 1.29 is 17.6 Å². The minimum atomic E-state index is -3.42. The molecule has 3 heterocycles. The molecule has 0 radical (unpaired) electrons. The first-order valence-corrected chi connectivity index (χ1v) is 12.7. The lowest BCUT2D eigenvalue weighted by Gasteiger charge is -2.57. The van der Waals surface area contributed by atoms with Crippen LogP contribution in [0.4, 0.5) is 0 Å². The van der Waals surface area contributed by atoms with Crippen LogP contribution in [0, 0.1) is 5.41 Å². The van der Waals surface area contributed by atoms with Gasteiger partial charge in [0.25, 0.3) is 5.91 Å². The number of hydrogen-bond donors (Lipinski definition) is 1. The van der Waals surface area contributed by atoms with E-state index in [2.05, 4.69) is 20.3 Å². The third-order valence-corrected chi connectivity index (χ3v) is 9.25. The second-order valence-electron chi connectivity index (χ2n) is 9.34. The zero-order valence-electron chi connectivity index (χ0n) is 17.1. The first-order valence-electron chi connectivity index (χ1n) is 10.7. The average Bonchev–Trinajstić information content (AvgIpc) is 3.50. The lowest BCUT2D eigenvalue weighted by Crippen LogP contribution is -2.55. The summed E-state index contributed by atoms with van der Waals surface area (Å²) >= 11 is 5.97. The Balaban J connectivity index is 1.06. The highest BCUT2D eigenvalue weighted by Gasteiger charge is 2.54. The molecule has 32 heavy (non-hydrogen) atoms. The molecule has 0 aliphatic heterocycles. The number of halogens is 1. The summed E-state index contributed by atoms with van der Waals surface area (Å²) in [6.45, 7) is 0. The monoisotopic (exact) mass is 472 g/mol. The van der Waals surface area contributed by atoms with Crippen LogP contribution in [0.15, 0.2) is 40.0 Å². The Labute approximate surface area is 189 Å². The molecule has 3 aromatic heterocycles. The van der Waals surface area contributed by atoms with Crippen molar-refractivity contribution >= 4 is 38.6 Å². The van der Waals surface area contributed by atoms with E-state index >= 15 is 0 Å². The first-order chi connectivity index (χ1) is 15.3. The zero-order valence-corrected chi connectivity index (χ0v) is 18.7. The lowest BCUT2D eigenvalue weighted by atomic mass is 9.50. The van der Waals surface area contributed by atoms with Crippen LogP contribution in [0.5, 0.6) is 0 Å². The van der Waals surface area contributed by atoms with Crippen LogP contribution >= 0.6 is 11.6 Å². The highest BCUT2D eigenvalue weighted by Crippen LogP contribution is 2.61. The van der Waals surface area contributed by atoms with E-state index in [9.17, 15) is 13.2 Å². The molecule has 1 amide bonds. The van der Waals surface area contributed by atoms with Crippen LogP contribution in [0.25, 0.3) is 11.2 Å². The molecule has 10 heteroatoms. The molecular weight excluding hydrogens is 452 g/mol. The minimum absolute atomic E-state index is 0.00586. The Morgan fingerprint density at radius 1 is 1.16 bits per heavy atom. The number of nitrogens with one attached hydrogen (secondary N) is 1. The van der Waals surface area contributed by atoms with Gasteiger partial charge in [0.05, 0.1) is 10.3 Å². The summed E-state index contributed by atoms with van der Waals surface area (Å²) in [5.74, 6) is 0.710. The van der Waals surface area contributed by atoms with E-state index in [0.717, 1.165) is 25.7 Å². The summed E-state index contributed by atoms with van der Waals surface area (Å²) in [7, 11) is -3.42. The van der Waals surface area contributed by atoms with Crippen molar-refractivity contribution in [3.05, 3.63) is 47.1 Å². The van der Waals surface area contributed by atoms with Gasteiger partial charge in [0.1, 0.15) is 5.52 Å². The van der Waals surface area contributed by atoms with E-state index in [0.29, 0.717) is 40.5 Å². The highest BCUT2D eigenvalue weighted by molar-refractivity contribution is 7.92. The van der Waals surface area contributed by atoms with E-state index in [1.54, 1.807) is 18.3 Å². The van der Waals surface area contributed by atoms with Crippen LogP contribution in [-0.2, 0) is 9.84 Å². The molecule has 0 unspecified atom stereocenters. The van der Waals surface area contributed by atoms with E-state index < -0.39 is 9.84 Å². The molecule has 3 aliphatic rings. The fourth-order valence-corrected chi connectivity index (χ4v) is 6.84. The van der Waals surface area contributed by atoms with Gasteiger partial charge in [-0.05, 0) is 62.1 Å². The predicted octanol–water partition coefficient (Wildman–Crippen LogP) is 3.66. The Bertz CT molecular complexity index is 1340. The van der Waals surface area contributed by atoms with Crippen molar-refractivity contribution in [1.82, 2.24) is 20.3 Å². The Kier molecular flexibility index (Phi) is 4.39. The smallest absolute Gasteiger partial charge is 0.251 e. The van der Waals surface area contributed by atoms with Crippen molar-refractivity contribution in [3.63, 3.8) is 0 Å². The predicted molar refractivity (Wildman–Crippen MR) is 116 cm³/mol. The lowest BCUT2D eigenvalue weighted by molar-refractivity contribution is -0.0254. The van der Waals surface area contributed by atoms with Crippen molar-refractivity contribution in [2.45, 2.75) is 60.8 Å². The van der Waals surface area contributed by atoms with E-state index in [4.69, 9.17) is 16.0 Å². The van der Waals surface area contributed by atoms with Gasteiger partial charge in [-0.2, -0.15) is 0 Å². The number of rotatable bonds is 5. The summed E-state index contributed by atoms with van der Waals surface area (Å²) in [4.78, 5) is 25.3. The quantitative estimate of drug-likeness (QED) is 0.602. The van der Waals surface area contributed by atoms with Crippen LogP contribution in [0.2, 0.25) is 5.02 Å². The van der Waals surface area contributed by atoms with Gasteiger partial charge < -0.3 is 9.73 Å². The molecule has 1 spiro atoms. The van der Waals surface area contributed by atoms with Gasteiger partial charge in [-0.15, -0.1) is 0 Å². The number of sulfone groups is 1. The largest absolute Gasteiger partial charge is 0.422 e. The molecule has 3 aromatic rings. The maximum Gasteiger partial charge on any atom is 0.251 e. The molecule has 0 bridgehead atoms. The second-order valence-corrected chi connectivity index (χ2v) is 12.0. The maximum atomic E-state index is 12.7. The van der Waals surface area contributed by atoms with Gasteiger partial charge in [0.15, 0.2) is 14.9 Å². The van der Waals surface area contributed by atoms with Crippen molar-refractivity contribution in [2.24, 2.45) is 5.41 Å². The summed E-state index contributed by atoms with van der Waals surface area (Å²) in [5.41, 5.74) is 1.73. The topological polar surface area (TPSA) is 115 Å². The van der Waals surface area contributed by atoms with Gasteiger partial charge in [-0.25, -0.2) is 23.4 Å². The number of oxazole rings is 1. The molecule has 0 saturated heterocycles. The van der Waals surface area contributed by atoms with Crippen LogP contribution in [0.3, 0.4) is 0 Å². The van der Waals surface area contributed by atoms with Gasteiger partial charge in [0, 0.05) is 29.9 Å². The van der Waals surface area contributed by atoms with Crippen molar-refractivity contribution in [2.75, 3.05) is 0 Å². The van der Waals surface area contributed by atoms with Gasteiger partial charge in [-0.1, -0.05) is 11.6 Å². The summed E-state index contributed by atoms with van der Waals surface area (Å²) in [5, 5.41) is 3.22. The van der Waals surface area contributed by atoms with Crippen LogP contribution in [0.1, 0.15) is 60.7 Å². The molecule has 3 aliphatic carbocycles. The third-order valence-electron chi connectivity index (χ3n) is 6.88. The molecular formula is C22H21ClN4O4S. The Hall–Kier alpha value is -2.52. The minimum Gasteiger partial charge on any atom is -0.422 e. The van der Waals surface area contributed by atoms with E-state index in [-0.39, 0.29) is 33.6 Å². The number of carbonyl (C=O) groups excluding carboxylic acids is 1. The van der Waals surface area contributed by atoms with Crippen LogP contribution < -0.4 is 5.32 Å². The second kappa shape index (κ2) is 6.99. The molecule has 8 nitrogen and oxygen atoms in total. The number of amides is 1. The van der Waals surface area contributed by atoms with E-state index in [1.165, 1.54) is 12.3 Å². The molecule has 3 fully saturated rings. The summed E-state index contributed by atoms with van der Waals surface area (Å²) < 4.78 is 30.6. The number of carbonyl (C=O) groups is 1. The number of hydrogen-bond acceptors (Lipinski definition) is 7. The molecule has 166 valence electrons. The third kappa shape index (κ3) is 3.38. The number of fused-ring (bicyclic) bond motifs is 1. The van der Waals surface area contributed by atoms with Gasteiger partial charge in [-0.3, -0.25) is 4.79 Å². The van der Waals surface area contributed by atoms with Gasteiger partial charge in [0.2, 0.25) is 11.6 Å². The van der Waals surface area contributed by atoms with Crippen LogP contribution in [-0.4, -0.2) is 40.6 Å². The van der Waals surface area contributed by atoms with Crippen molar-refractivity contribution in [1.29, 1.82) is 0 Å². The first kappa shape index (κ1) is 20.1. The molecule has 6 rings (SSSR count). The average molecular weight is 473 g/mol. The Morgan fingerprint density at radius 3 is 2.69 bits per heavy atom. The fraction of sp³-hybridized carbons (Fsp3) is 0.455. The normalized spacial score (nSPS) is 27.2. The van der Waals surface area contributed by atoms with Crippen molar-refractivity contribution in [3.8, 4) is 0 Å². The van der Waals surface area contributed by atoms with Gasteiger partial charge >= 0.3 is 0 Å². The molecule has 3 saturated carbocycles. The zero-order chi connectivity index (χ0) is 22.1. The Morgan fingerprint density at radius 2 is 1.94 bits per heavy atom. The SMILES string of the molecule is O=C(NC1CC2(C1)CC(c1nc3cc(Cl)cnc3o1)C2)c1ccnc(S(=O)(=O)C2CC2)c1.